The Morgan fingerprint density at radius 1 is 1.12 bits per heavy atom. The molecule has 0 radical (unpaired) electrons. The standard InChI is InChI=1S/C34H35FN4OS/c1-5-39-30-19-28(35)24(17-27(30)22(2)20-34(39,3)4)18-31-32(40)38(33(41-31)37-25-11-7-6-8-12-25)16-15-23-21-36-29-14-10-9-13-26(23)29/h6-14,17-19,21-22,36H,5,15-16,20H2,1-4H3/b31-18+,37-33?. The molecule has 210 valence electrons. The van der Waals surface area contributed by atoms with Gasteiger partial charge in [-0.1, -0.05) is 43.3 Å². The highest BCUT2D eigenvalue weighted by molar-refractivity contribution is 8.18. The molecule has 1 saturated heterocycles. The number of hydrogen-bond donors (Lipinski definition) is 1. The fraction of sp³-hybridized carbons (Fsp3) is 0.294. The number of H-pyrrole nitrogens is 1. The number of halogens is 1. The third-order valence-electron chi connectivity index (χ3n) is 8.26. The molecule has 1 N–H and O–H groups in total. The predicted molar refractivity (Wildman–Crippen MR) is 169 cm³/mol. The van der Waals surface area contributed by atoms with Crippen molar-refractivity contribution in [2.75, 3.05) is 18.0 Å². The van der Waals surface area contributed by atoms with Crippen LogP contribution in [0.15, 0.2) is 82.8 Å². The van der Waals surface area contributed by atoms with Crippen molar-refractivity contribution in [2.24, 2.45) is 4.99 Å². The van der Waals surface area contributed by atoms with E-state index >= 15 is 4.39 Å². The normalized spacial score (nSPS) is 20.4. The maximum atomic E-state index is 15.6. The van der Waals surface area contributed by atoms with Crippen molar-refractivity contribution in [3.63, 3.8) is 0 Å². The lowest BCUT2D eigenvalue weighted by molar-refractivity contribution is -0.122. The van der Waals surface area contributed by atoms with Gasteiger partial charge in [-0.2, -0.15) is 0 Å². The molecule has 4 aromatic rings. The smallest absolute Gasteiger partial charge is 0.266 e. The van der Waals surface area contributed by atoms with E-state index in [0.29, 0.717) is 28.6 Å². The number of nitrogens with zero attached hydrogens (tertiary/aromatic N) is 3. The average Bonchev–Trinajstić information content (AvgIpc) is 3.49. The lowest BCUT2D eigenvalue weighted by Gasteiger charge is -2.47. The monoisotopic (exact) mass is 566 g/mol. The molecule has 2 aliphatic rings. The van der Waals surface area contributed by atoms with Crippen LogP contribution in [0.5, 0.6) is 0 Å². The first-order chi connectivity index (χ1) is 19.7. The number of aromatic nitrogens is 1. The van der Waals surface area contributed by atoms with Crippen LogP contribution in [0, 0.1) is 5.82 Å². The maximum Gasteiger partial charge on any atom is 0.266 e. The highest BCUT2D eigenvalue weighted by atomic mass is 32.2. The largest absolute Gasteiger partial charge is 0.366 e. The number of amidine groups is 1. The first kappa shape index (κ1) is 27.3. The van der Waals surface area contributed by atoms with Gasteiger partial charge in [-0.05, 0) is 98.8 Å². The maximum absolute atomic E-state index is 15.6. The fourth-order valence-corrected chi connectivity index (χ4v) is 7.36. The summed E-state index contributed by atoms with van der Waals surface area (Å²) in [6.45, 7) is 10.0. The van der Waals surface area contributed by atoms with Gasteiger partial charge in [-0.25, -0.2) is 9.38 Å². The number of para-hydroxylation sites is 2. The molecule has 2 aliphatic heterocycles. The highest BCUT2D eigenvalue weighted by Crippen LogP contribution is 2.45. The number of nitrogens with one attached hydrogen (secondary N) is 1. The van der Waals surface area contributed by atoms with E-state index in [0.717, 1.165) is 46.4 Å². The van der Waals surface area contributed by atoms with Crippen molar-refractivity contribution >= 4 is 51.2 Å². The van der Waals surface area contributed by atoms with E-state index in [1.54, 1.807) is 17.0 Å². The Bertz CT molecular complexity index is 1670. The minimum atomic E-state index is -0.313. The molecular weight excluding hydrogens is 531 g/mol. The fourth-order valence-electron chi connectivity index (χ4n) is 6.34. The third-order valence-corrected chi connectivity index (χ3v) is 9.26. The molecule has 0 spiro atoms. The van der Waals surface area contributed by atoms with Gasteiger partial charge in [0.15, 0.2) is 5.17 Å². The van der Waals surface area contributed by atoms with Crippen LogP contribution in [0.2, 0.25) is 0 Å². The minimum absolute atomic E-state index is 0.0427. The van der Waals surface area contributed by atoms with E-state index < -0.39 is 0 Å². The van der Waals surface area contributed by atoms with Gasteiger partial charge < -0.3 is 9.88 Å². The SMILES string of the molecule is CCN1c2cc(F)c(/C=C3/SC(=Nc4ccccc4)N(CCc4c[nH]c5ccccc45)C3=O)cc2C(C)CC1(C)C. The number of carbonyl (C=O) groups is 1. The molecule has 1 fully saturated rings. The molecule has 3 heterocycles. The molecule has 41 heavy (non-hydrogen) atoms. The van der Waals surface area contributed by atoms with E-state index in [-0.39, 0.29) is 23.2 Å². The quantitative estimate of drug-likeness (QED) is 0.239. The molecule has 0 aliphatic carbocycles. The molecule has 1 amide bonds. The Balaban J connectivity index is 1.34. The summed E-state index contributed by atoms with van der Waals surface area (Å²) in [5.74, 6) is -0.173. The number of carbonyl (C=O) groups excluding carboxylic acids is 1. The number of aromatic amines is 1. The van der Waals surface area contributed by atoms with Crippen LogP contribution in [0.1, 0.15) is 56.7 Å². The van der Waals surface area contributed by atoms with Gasteiger partial charge >= 0.3 is 0 Å². The summed E-state index contributed by atoms with van der Waals surface area (Å²) in [4.78, 5) is 26.4. The van der Waals surface area contributed by atoms with Crippen LogP contribution < -0.4 is 4.90 Å². The second kappa shape index (κ2) is 10.9. The van der Waals surface area contributed by atoms with Crippen molar-refractivity contribution in [1.82, 2.24) is 9.88 Å². The minimum Gasteiger partial charge on any atom is -0.366 e. The molecule has 1 unspecified atom stereocenters. The number of thioether (sulfide) groups is 1. The number of fused-ring (bicyclic) bond motifs is 2. The molecule has 1 aromatic heterocycles. The third kappa shape index (κ3) is 5.19. The summed E-state index contributed by atoms with van der Waals surface area (Å²) in [7, 11) is 0. The van der Waals surface area contributed by atoms with Gasteiger partial charge in [-0.3, -0.25) is 9.69 Å². The van der Waals surface area contributed by atoms with E-state index in [2.05, 4.69) is 43.6 Å². The van der Waals surface area contributed by atoms with Crippen molar-refractivity contribution in [2.45, 2.75) is 52.0 Å². The van der Waals surface area contributed by atoms with Crippen LogP contribution in [0.25, 0.3) is 17.0 Å². The zero-order valence-electron chi connectivity index (χ0n) is 23.9. The van der Waals surface area contributed by atoms with Crippen LogP contribution >= 0.6 is 11.8 Å². The van der Waals surface area contributed by atoms with Crippen LogP contribution in [-0.4, -0.2) is 39.6 Å². The molecule has 7 heteroatoms. The molecule has 6 rings (SSSR count). The first-order valence-electron chi connectivity index (χ1n) is 14.3. The Morgan fingerprint density at radius 2 is 1.88 bits per heavy atom. The second-order valence-corrected chi connectivity index (χ2v) is 12.5. The molecule has 1 atom stereocenters. The Labute approximate surface area is 245 Å². The summed E-state index contributed by atoms with van der Waals surface area (Å²) in [5, 5.41) is 1.76. The van der Waals surface area contributed by atoms with Gasteiger partial charge in [0, 0.05) is 47.0 Å². The number of anilines is 1. The number of amides is 1. The number of aliphatic imine (C=N–C) groups is 1. The zero-order chi connectivity index (χ0) is 28.7. The number of benzene rings is 3. The summed E-state index contributed by atoms with van der Waals surface area (Å²) in [6, 6.07) is 21.4. The van der Waals surface area contributed by atoms with E-state index in [1.165, 1.54) is 11.8 Å². The molecule has 3 aromatic carbocycles. The van der Waals surface area contributed by atoms with Gasteiger partial charge in [0.05, 0.1) is 10.6 Å². The van der Waals surface area contributed by atoms with Gasteiger partial charge in [0.2, 0.25) is 0 Å². The first-order valence-corrected chi connectivity index (χ1v) is 15.1. The highest BCUT2D eigenvalue weighted by Gasteiger charge is 2.37. The van der Waals surface area contributed by atoms with E-state index in [4.69, 9.17) is 4.99 Å². The Kier molecular flexibility index (Phi) is 7.24. The van der Waals surface area contributed by atoms with E-state index in [1.807, 2.05) is 60.8 Å². The number of hydrogen-bond acceptors (Lipinski definition) is 4. The lowest BCUT2D eigenvalue weighted by atomic mass is 9.79. The Hall–Kier alpha value is -3.84. The van der Waals surface area contributed by atoms with E-state index in [9.17, 15) is 4.79 Å². The van der Waals surface area contributed by atoms with Gasteiger partial charge in [0.1, 0.15) is 5.82 Å². The second-order valence-electron chi connectivity index (χ2n) is 11.5. The van der Waals surface area contributed by atoms with Crippen LogP contribution in [0.3, 0.4) is 0 Å². The van der Waals surface area contributed by atoms with Gasteiger partial charge in [0.25, 0.3) is 5.91 Å². The molecule has 0 saturated carbocycles. The number of rotatable bonds is 6. The predicted octanol–water partition coefficient (Wildman–Crippen LogP) is 8.27. The zero-order valence-corrected chi connectivity index (χ0v) is 24.8. The van der Waals surface area contributed by atoms with Gasteiger partial charge in [-0.15, -0.1) is 0 Å². The molecule has 0 bridgehead atoms. The van der Waals surface area contributed by atoms with Crippen molar-refractivity contribution < 1.29 is 9.18 Å². The van der Waals surface area contributed by atoms with Crippen LogP contribution in [0.4, 0.5) is 15.8 Å². The summed E-state index contributed by atoms with van der Waals surface area (Å²) in [5.41, 5.74) is 5.48. The van der Waals surface area contributed by atoms with Crippen molar-refractivity contribution in [3.8, 4) is 0 Å². The van der Waals surface area contributed by atoms with Crippen LogP contribution in [-0.2, 0) is 11.2 Å². The molecule has 5 nitrogen and oxygen atoms in total. The summed E-state index contributed by atoms with van der Waals surface area (Å²) >= 11 is 1.31. The van der Waals surface area contributed by atoms with Crippen molar-refractivity contribution in [3.05, 3.63) is 100 Å². The lowest BCUT2D eigenvalue weighted by Crippen LogP contribution is -2.48. The summed E-state index contributed by atoms with van der Waals surface area (Å²) < 4.78 is 15.6. The summed E-state index contributed by atoms with van der Waals surface area (Å²) in [6.07, 6.45) is 5.37. The van der Waals surface area contributed by atoms with Crippen molar-refractivity contribution in [1.29, 1.82) is 0 Å². The Morgan fingerprint density at radius 3 is 2.66 bits per heavy atom. The topological polar surface area (TPSA) is 51.7 Å². The average molecular weight is 567 g/mol. The molecular formula is C34H35FN4OS.